The van der Waals surface area contributed by atoms with E-state index in [1.807, 2.05) is 0 Å². The van der Waals surface area contributed by atoms with E-state index in [1.165, 1.54) is 12.4 Å². The van der Waals surface area contributed by atoms with Crippen LogP contribution in [0.15, 0.2) is 30.6 Å². The highest BCUT2D eigenvalue weighted by molar-refractivity contribution is 5.66. The molecule has 0 aliphatic carbocycles. The molecule has 0 fully saturated rings. The Labute approximate surface area is 105 Å². The van der Waals surface area contributed by atoms with Crippen molar-refractivity contribution in [2.24, 2.45) is 0 Å². The standard InChI is InChI=1S/C12H5F4N3/c13-10-7(2-1-3-8(10)12(14,15)16)11-9(6-17)18-4-5-19-11/h1-5H. The average Bonchev–Trinajstić information content (AvgIpc) is 2.37. The van der Waals surface area contributed by atoms with Gasteiger partial charge in [0.05, 0.1) is 5.56 Å². The van der Waals surface area contributed by atoms with Gasteiger partial charge in [0.25, 0.3) is 0 Å². The molecule has 0 unspecified atom stereocenters. The molecule has 0 atom stereocenters. The van der Waals surface area contributed by atoms with Crippen LogP contribution in [0.1, 0.15) is 11.3 Å². The molecule has 3 nitrogen and oxygen atoms in total. The minimum absolute atomic E-state index is 0.214. The van der Waals surface area contributed by atoms with Crippen molar-refractivity contribution in [2.45, 2.75) is 6.18 Å². The van der Waals surface area contributed by atoms with E-state index in [2.05, 4.69) is 9.97 Å². The molecule has 0 aliphatic rings. The van der Waals surface area contributed by atoms with Crippen LogP contribution in [0.5, 0.6) is 0 Å². The Hall–Kier alpha value is -2.49. The van der Waals surface area contributed by atoms with E-state index in [1.54, 1.807) is 6.07 Å². The van der Waals surface area contributed by atoms with E-state index in [9.17, 15) is 17.6 Å². The second kappa shape index (κ2) is 4.65. The van der Waals surface area contributed by atoms with Gasteiger partial charge in [0.15, 0.2) is 5.69 Å². The van der Waals surface area contributed by atoms with E-state index in [0.29, 0.717) is 6.07 Å². The van der Waals surface area contributed by atoms with Gasteiger partial charge in [-0.15, -0.1) is 0 Å². The summed E-state index contributed by atoms with van der Waals surface area (Å²) in [6.07, 6.45) is -2.43. The van der Waals surface area contributed by atoms with Crippen LogP contribution >= 0.6 is 0 Å². The Morgan fingerprint density at radius 3 is 2.42 bits per heavy atom. The fourth-order valence-electron chi connectivity index (χ4n) is 1.55. The Bertz CT molecular complexity index is 659. The number of halogens is 4. The van der Waals surface area contributed by atoms with E-state index >= 15 is 0 Å². The molecule has 1 heterocycles. The first kappa shape index (κ1) is 13.0. The van der Waals surface area contributed by atoms with E-state index in [0.717, 1.165) is 12.1 Å². The maximum atomic E-state index is 13.9. The largest absolute Gasteiger partial charge is 0.419 e. The number of benzene rings is 1. The third-order valence-electron chi connectivity index (χ3n) is 2.36. The molecule has 0 saturated heterocycles. The van der Waals surface area contributed by atoms with Gasteiger partial charge in [0, 0.05) is 18.0 Å². The summed E-state index contributed by atoms with van der Waals surface area (Å²) in [6, 6.07) is 4.46. The number of nitrogens with zero attached hydrogens (tertiary/aromatic N) is 3. The number of rotatable bonds is 1. The first-order valence-electron chi connectivity index (χ1n) is 5.02. The number of aromatic nitrogens is 2. The van der Waals surface area contributed by atoms with Crippen LogP contribution in [0.3, 0.4) is 0 Å². The summed E-state index contributed by atoms with van der Waals surface area (Å²) in [4.78, 5) is 7.35. The van der Waals surface area contributed by atoms with E-state index in [-0.39, 0.29) is 11.4 Å². The summed E-state index contributed by atoms with van der Waals surface area (Å²) >= 11 is 0. The van der Waals surface area contributed by atoms with Crippen molar-refractivity contribution >= 4 is 0 Å². The van der Waals surface area contributed by atoms with Crippen molar-refractivity contribution in [3.8, 4) is 17.3 Å². The monoisotopic (exact) mass is 267 g/mol. The quantitative estimate of drug-likeness (QED) is 0.745. The van der Waals surface area contributed by atoms with Crippen LogP contribution in [0.2, 0.25) is 0 Å². The summed E-state index contributed by atoms with van der Waals surface area (Å²) in [5.74, 6) is -1.47. The maximum Gasteiger partial charge on any atom is 0.419 e. The molecule has 1 aromatic carbocycles. The Morgan fingerprint density at radius 1 is 1.11 bits per heavy atom. The third-order valence-corrected chi connectivity index (χ3v) is 2.36. The zero-order valence-electron chi connectivity index (χ0n) is 9.24. The second-order valence-corrected chi connectivity index (χ2v) is 3.53. The van der Waals surface area contributed by atoms with Gasteiger partial charge in [-0.05, 0) is 12.1 Å². The fraction of sp³-hybridized carbons (Fsp3) is 0.0833. The van der Waals surface area contributed by atoms with Gasteiger partial charge in [0.2, 0.25) is 0 Å². The highest BCUT2D eigenvalue weighted by Crippen LogP contribution is 2.35. The lowest BCUT2D eigenvalue weighted by molar-refractivity contribution is -0.139. The SMILES string of the molecule is N#Cc1nccnc1-c1cccc(C(F)(F)F)c1F. The minimum atomic E-state index is -4.81. The molecule has 0 N–H and O–H groups in total. The van der Waals surface area contributed by atoms with E-state index < -0.39 is 23.1 Å². The summed E-state index contributed by atoms with van der Waals surface area (Å²) in [6.45, 7) is 0. The summed E-state index contributed by atoms with van der Waals surface area (Å²) in [5, 5.41) is 8.80. The maximum absolute atomic E-state index is 13.9. The van der Waals surface area contributed by atoms with Gasteiger partial charge >= 0.3 is 6.18 Å². The molecule has 0 radical (unpaired) electrons. The van der Waals surface area contributed by atoms with Crippen LogP contribution in [0.25, 0.3) is 11.3 Å². The number of alkyl halides is 3. The topological polar surface area (TPSA) is 49.6 Å². The fourth-order valence-corrected chi connectivity index (χ4v) is 1.55. The molecule has 7 heteroatoms. The summed E-state index contributed by atoms with van der Waals surface area (Å²) in [7, 11) is 0. The molecule has 0 bridgehead atoms. The molecule has 2 rings (SSSR count). The smallest absolute Gasteiger partial charge is 0.251 e. The van der Waals surface area contributed by atoms with Crippen LogP contribution in [-0.4, -0.2) is 9.97 Å². The van der Waals surface area contributed by atoms with Gasteiger partial charge in [-0.25, -0.2) is 9.37 Å². The Kier molecular flexibility index (Phi) is 3.17. The predicted molar refractivity (Wildman–Crippen MR) is 57.1 cm³/mol. The van der Waals surface area contributed by atoms with Gasteiger partial charge in [-0.1, -0.05) is 6.07 Å². The van der Waals surface area contributed by atoms with Gasteiger partial charge in [0.1, 0.15) is 17.6 Å². The first-order chi connectivity index (χ1) is 8.95. The second-order valence-electron chi connectivity index (χ2n) is 3.53. The van der Waals surface area contributed by atoms with Gasteiger partial charge in [-0.3, -0.25) is 4.98 Å². The van der Waals surface area contributed by atoms with Crippen molar-refractivity contribution in [1.29, 1.82) is 5.26 Å². The third kappa shape index (κ3) is 2.38. The van der Waals surface area contributed by atoms with Crippen molar-refractivity contribution in [3.05, 3.63) is 47.7 Å². The molecule has 0 spiro atoms. The van der Waals surface area contributed by atoms with Gasteiger partial charge in [-0.2, -0.15) is 18.4 Å². The molecular formula is C12H5F4N3. The van der Waals surface area contributed by atoms with Crippen molar-refractivity contribution in [3.63, 3.8) is 0 Å². The lowest BCUT2D eigenvalue weighted by Gasteiger charge is -2.11. The van der Waals surface area contributed by atoms with Crippen LogP contribution < -0.4 is 0 Å². The van der Waals surface area contributed by atoms with Crippen LogP contribution in [-0.2, 0) is 6.18 Å². The molecular weight excluding hydrogens is 262 g/mol. The molecule has 1 aromatic heterocycles. The van der Waals surface area contributed by atoms with Crippen molar-refractivity contribution in [2.75, 3.05) is 0 Å². The normalized spacial score (nSPS) is 11.1. The average molecular weight is 267 g/mol. The van der Waals surface area contributed by atoms with Gasteiger partial charge < -0.3 is 0 Å². The molecule has 0 saturated carbocycles. The Balaban J connectivity index is 2.68. The molecule has 0 aliphatic heterocycles. The summed E-state index contributed by atoms with van der Waals surface area (Å²) in [5.41, 5.74) is -2.26. The lowest BCUT2D eigenvalue weighted by Crippen LogP contribution is -2.09. The summed E-state index contributed by atoms with van der Waals surface area (Å²) < 4.78 is 51.6. The highest BCUT2D eigenvalue weighted by atomic mass is 19.4. The van der Waals surface area contributed by atoms with Crippen LogP contribution in [0.4, 0.5) is 17.6 Å². The molecule has 19 heavy (non-hydrogen) atoms. The number of hydrogen-bond donors (Lipinski definition) is 0. The zero-order valence-corrected chi connectivity index (χ0v) is 9.24. The van der Waals surface area contributed by atoms with Crippen LogP contribution in [0, 0.1) is 17.1 Å². The number of nitriles is 1. The zero-order chi connectivity index (χ0) is 14.0. The number of hydrogen-bond acceptors (Lipinski definition) is 3. The molecule has 2 aromatic rings. The Morgan fingerprint density at radius 2 is 1.79 bits per heavy atom. The minimum Gasteiger partial charge on any atom is -0.251 e. The molecule has 96 valence electrons. The van der Waals surface area contributed by atoms with E-state index in [4.69, 9.17) is 5.26 Å². The first-order valence-corrected chi connectivity index (χ1v) is 5.02. The predicted octanol–water partition coefficient (Wildman–Crippen LogP) is 3.17. The molecule has 0 amide bonds. The highest BCUT2D eigenvalue weighted by Gasteiger charge is 2.35. The van der Waals surface area contributed by atoms with Crippen molar-refractivity contribution < 1.29 is 17.6 Å². The lowest BCUT2D eigenvalue weighted by atomic mass is 10.0. The van der Waals surface area contributed by atoms with Crippen molar-refractivity contribution in [1.82, 2.24) is 9.97 Å².